The maximum absolute atomic E-state index is 13.1. The van der Waals surface area contributed by atoms with Gasteiger partial charge in [-0.3, -0.25) is 4.79 Å². The molecule has 5 heteroatoms. The molecule has 1 N–H and O–H groups in total. The number of nitrogens with zero attached hydrogens (tertiary/aromatic N) is 1. The minimum atomic E-state index is -0.457. The molecule has 2 rings (SSSR count). The van der Waals surface area contributed by atoms with E-state index < -0.39 is 5.41 Å². The van der Waals surface area contributed by atoms with E-state index >= 15 is 0 Å². The van der Waals surface area contributed by atoms with E-state index in [-0.39, 0.29) is 5.91 Å². The van der Waals surface area contributed by atoms with Crippen molar-refractivity contribution in [2.45, 2.75) is 34.6 Å². The van der Waals surface area contributed by atoms with Gasteiger partial charge in [-0.15, -0.1) is 0 Å². The first kappa shape index (κ1) is 22.0. The van der Waals surface area contributed by atoms with Crippen LogP contribution < -0.4 is 14.8 Å². The maximum Gasteiger partial charge on any atom is 0.255 e. The lowest BCUT2D eigenvalue weighted by molar-refractivity contribution is 0.0957. The number of amides is 1. The lowest BCUT2D eigenvalue weighted by Gasteiger charge is -2.26. The van der Waals surface area contributed by atoms with Gasteiger partial charge in [0.2, 0.25) is 0 Å². The highest BCUT2D eigenvalue weighted by Crippen LogP contribution is 2.32. The van der Waals surface area contributed by atoms with Gasteiger partial charge < -0.3 is 14.8 Å². The van der Waals surface area contributed by atoms with Crippen LogP contribution in [-0.2, 0) is 0 Å². The van der Waals surface area contributed by atoms with Gasteiger partial charge in [0.1, 0.15) is 17.6 Å². The summed E-state index contributed by atoms with van der Waals surface area (Å²) in [5, 5.41) is 12.9. The molecule has 0 heterocycles. The normalized spacial score (nSPS) is 11.9. The number of carbonyl (C=O) groups is 1. The van der Waals surface area contributed by atoms with Crippen molar-refractivity contribution >= 4 is 11.5 Å². The molecule has 29 heavy (non-hydrogen) atoms. The van der Waals surface area contributed by atoms with Gasteiger partial charge in [-0.05, 0) is 31.5 Å². The van der Waals surface area contributed by atoms with Crippen molar-refractivity contribution in [3.8, 4) is 17.6 Å². The van der Waals surface area contributed by atoms with Gasteiger partial charge in [0.05, 0.1) is 19.8 Å². The predicted molar refractivity (Wildman–Crippen MR) is 115 cm³/mol. The first-order chi connectivity index (χ1) is 13.6. The summed E-state index contributed by atoms with van der Waals surface area (Å²) in [6.45, 7) is 9.88. The highest BCUT2D eigenvalue weighted by atomic mass is 16.5. The lowest BCUT2D eigenvalue weighted by Crippen LogP contribution is -2.31. The molecule has 2 aromatic rings. The largest absolute Gasteiger partial charge is 0.497 e. The van der Waals surface area contributed by atoms with E-state index in [1.165, 1.54) is 14.2 Å². The second-order valence-corrected chi connectivity index (χ2v) is 8.04. The molecule has 0 saturated carbocycles. The fourth-order valence-electron chi connectivity index (χ4n) is 3.13. The second kappa shape index (κ2) is 8.83. The zero-order valence-electron chi connectivity index (χ0n) is 18.1. The van der Waals surface area contributed by atoms with Crippen molar-refractivity contribution < 1.29 is 14.3 Å². The van der Waals surface area contributed by atoms with E-state index in [2.05, 4.69) is 17.5 Å². The summed E-state index contributed by atoms with van der Waals surface area (Å²) in [6, 6.07) is 13.2. The SMILES string of the molecule is COc1cc(OC)cc(C(=O)NC(=C(C#N)c2cc(C)cc(C)c2)C(C)(C)C)c1. The monoisotopic (exact) mass is 392 g/mol. The Morgan fingerprint density at radius 2 is 1.41 bits per heavy atom. The zero-order valence-corrected chi connectivity index (χ0v) is 18.1. The summed E-state index contributed by atoms with van der Waals surface area (Å²) in [6.07, 6.45) is 0. The Bertz CT molecular complexity index is 950. The van der Waals surface area contributed by atoms with E-state index in [4.69, 9.17) is 9.47 Å². The van der Waals surface area contributed by atoms with Crippen LogP contribution in [0.4, 0.5) is 0 Å². The molecule has 0 spiro atoms. The molecule has 0 unspecified atom stereocenters. The smallest absolute Gasteiger partial charge is 0.255 e. The van der Waals surface area contributed by atoms with Crippen molar-refractivity contribution in [2.24, 2.45) is 5.41 Å². The summed E-state index contributed by atoms with van der Waals surface area (Å²) in [5.74, 6) is 0.709. The number of hydrogen-bond donors (Lipinski definition) is 1. The molecule has 0 saturated heterocycles. The Hall–Kier alpha value is -3.26. The van der Waals surface area contributed by atoms with E-state index in [9.17, 15) is 10.1 Å². The fraction of sp³-hybridized carbons (Fsp3) is 0.333. The van der Waals surface area contributed by atoms with Crippen LogP contribution >= 0.6 is 0 Å². The second-order valence-electron chi connectivity index (χ2n) is 8.04. The van der Waals surface area contributed by atoms with Gasteiger partial charge >= 0.3 is 0 Å². The van der Waals surface area contributed by atoms with Gasteiger partial charge in [0.15, 0.2) is 0 Å². The minimum Gasteiger partial charge on any atom is -0.497 e. The van der Waals surface area contributed by atoms with Crippen molar-refractivity contribution in [3.05, 3.63) is 64.3 Å². The summed E-state index contributed by atoms with van der Waals surface area (Å²) in [5.41, 5.74) is 3.86. The van der Waals surface area contributed by atoms with Crippen LogP contribution in [0.3, 0.4) is 0 Å². The van der Waals surface area contributed by atoms with Gasteiger partial charge in [0.25, 0.3) is 5.91 Å². The molecule has 0 aromatic heterocycles. The number of rotatable bonds is 5. The number of benzene rings is 2. The Balaban J connectivity index is 2.58. The number of ether oxygens (including phenoxy) is 2. The Morgan fingerprint density at radius 3 is 1.83 bits per heavy atom. The first-order valence-electron chi connectivity index (χ1n) is 9.37. The Kier molecular flexibility index (Phi) is 6.71. The molecule has 152 valence electrons. The minimum absolute atomic E-state index is 0.329. The molecule has 0 aliphatic carbocycles. The lowest BCUT2D eigenvalue weighted by atomic mass is 9.86. The van der Waals surface area contributed by atoms with Gasteiger partial charge in [0, 0.05) is 22.7 Å². The molecule has 2 aromatic carbocycles. The van der Waals surface area contributed by atoms with Crippen molar-refractivity contribution in [1.29, 1.82) is 5.26 Å². The van der Waals surface area contributed by atoms with Crippen molar-refractivity contribution in [2.75, 3.05) is 14.2 Å². The molecule has 0 atom stereocenters. The third-order valence-electron chi connectivity index (χ3n) is 4.47. The van der Waals surface area contributed by atoms with Gasteiger partial charge in [-0.2, -0.15) is 5.26 Å². The molecule has 0 radical (unpaired) electrons. The molecular weight excluding hydrogens is 364 g/mol. The predicted octanol–water partition coefficient (Wildman–Crippen LogP) is 5.03. The topological polar surface area (TPSA) is 71.3 Å². The maximum atomic E-state index is 13.1. The quantitative estimate of drug-likeness (QED) is 0.724. The van der Waals surface area contributed by atoms with Crippen LogP contribution in [0, 0.1) is 30.6 Å². The van der Waals surface area contributed by atoms with Crippen LogP contribution in [-0.4, -0.2) is 20.1 Å². The summed E-state index contributed by atoms with van der Waals surface area (Å²) in [7, 11) is 3.07. The third-order valence-corrected chi connectivity index (χ3v) is 4.47. The fourth-order valence-corrected chi connectivity index (χ4v) is 3.13. The molecule has 0 aliphatic heterocycles. The highest BCUT2D eigenvalue weighted by Gasteiger charge is 2.25. The van der Waals surface area contributed by atoms with Crippen molar-refractivity contribution in [3.63, 3.8) is 0 Å². The van der Waals surface area contributed by atoms with Gasteiger partial charge in [-0.1, -0.05) is 50.1 Å². The van der Waals surface area contributed by atoms with E-state index in [1.807, 2.05) is 46.8 Å². The standard InChI is InChI=1S/C24H28N2O3/c1-15-8-16(2)10-17(9-15)21(14-25)22(24(3,4)5)26-23(27)18-11-19(28-6)13-20(12-18)29-7/h8-13H,1-7H3,(H,26,27). The van der Waals surface area contributed by atoms with E-state index in [0.29, 0.717) is 28.3 Å². The van der Waals surface area contributed by atoms with Crippen LogP contribution in [0.15, 0.2) is 42.1 Å². The summed E-state index contributed by atoms with van der Waals surface area (Å²) in [4.78, 5) is 13.1. The highest BCUT2D eigenvalue weighted by molar-refractivity contribution is 5.98. The number of nitriles is 1. The summed E-state index contributed by atoms with van der Waals surface area (Å²) >= 11 is 0. The number of nitrogens with one attached hydrogen (secondary N) is 1. The van der Waals surface area contributed by atoms with Crippen LogP contribution in [0.2, 0.25) is 0 Å². The Morgan fingerprint density at radius 1 is 0.897 bits per heavy atom. The number of hydrogen-bond acceptors (Lipinski definition) is 4. The third kappa shape index (κ3) is 5.39. The molecule has 0 bridgehead atoms. The number of aryl methyl sites for hydroxylation is 2. The first-order valence-corrected chi connectivity index (χ1v) is 9.37. The molecular formula is C24H28N2O3. The van der Waals surface area contributed by atoms with Gasteiger partial charge in [-0.25, -0.2) is 0 Å². The number of allylic oxidation sites excluding steroid dienone is 2. The average Bonchev–Trinajstić information content (AvgIpc) is 2.65. The summed E-state index contributed by atoms with van der Waals surface area (Å²) < 4.78 is 10.5. The molecule has 0 fully saturated rings. The van der Waals surface area contributed by atoms with Crippen molar-refractivity contribution in [1.82, 2.24) is 5.32 Å². The number of methoxy groups -OCH3 is 2. The molecule has 1 amide bonds. The average molecular weight is 392 g/mol. The van der Waals surface area contributed by atoms with E-state index in [0.717, 1.165) is 16.7 Å². The van der Waals surface area contributed by atoms with E-state index in [1.54, 1.807) is 18.2 Å². The zero-order chi connectivity index (χ0) is 21.8. The van der Waals surface area contributed by atoms with Crippen LogP contribution in [0.5, 0.6) is 11.5 Å². The molecule has 0 aliphatic rings. The Labute approximate surface area is 173 Å². The van der Waals surface area contributed by atoms with Crippen LogP contribution in [0.25, 0.3) is 5.57 Å². The number of carbonyl (C=O) groups excluding carboxylic acids is 1. The molecule has 5 nitrogen and oxygen atoms in total. The van der Waals surface area contributed by atoms with Crippen LogP contribution in [0.1, 0.15) is 47.8 Å².